The SMILES string of the molecule is COC(=O)c1ccccc1CS(=O)(=O)N[C@@H](C)C(=O)O. The van der Waals surface area contributed by atoms with Gasteiger partial charge in [0.15, 0.2) is 0 Å². The zero-order valence-corrected chi connectivity index (χ0v) is 11.8. The monoisotopic (exact) mass is 301 g/mol. The number of aliphatic carboxylic acids is 1. The molecule has 2 N–H and O–H groups in total. The van der Waals surface area contributed by atoms with Gasteiger partial charge in [0.1, 0.15) is 6.04 Å². The fourth-order valence-electron chi connectivity index (χ4n) is 1.52. The zero-order valence-electron chi connectivity index (χ0n) is 11.0. The van der Waals surface area contributed by atoms with Crippen molar-refractivity contribution in [3.63, 3.8) is 0 Å². The molecule has 0 aliphatic rings. The van der Waals surface area contributed by atoms with Gasteiger partial charge in [0.2, 0.25) is 10.0 Å². The van der Waals surface area contributed by atoms with E-state index in [0.29, 0.717) is 0 Å². The number of carbonyl (C=O) groups is 2. The van der Waals surface area contributed by atoms with Gasteiger partial charge in [-0.2, -0.15) is 0 Å². The van der Waals surface area contributed by atoms with Crippen LogP contribution in [0.5, 0.6) is 0 Å². The maximum absolute atomic E-state index is 11.9. The molecule has 0 unspecified atom stereocenters. The number of hydrogen-bond donors (Lipinski definition) is 2. The van der Waals surface area contributed by atoms with Gasteiger partial charge in [0, 0.05) is 0 Å². The van der Waals surface area contributed by atoms with Crippen LogP contribution in [0.1, 0.15) is 22.8 Å². The molecule has 0 amide bonds. The van der Waals surface area contributed by atoms with Gasteiger partial charge in [-0.05, 0) is 18.6 Å². The number of esters is 1. The number of methoxy groups -OCH3 is 1. The molecule has 0 fully saturated rings. The van der Waals surface area contributed by atoms with E-state index in [9.17, 15) is 18.0 Å². The summed E-state index contributed by atoms with van der Waals surface area (Å²) in [6, 6.07) is 4.83. The highest BCUT2D eigenvalue weighted by Gasteiger charge is 2.22. The Morgan fingerprint density at radius 1 is 1.35 bits per heavy atom. The van der Waals surface area contributed by atoms with Crippen LogP contribution in [-0.2, 0) is 25.3 Å². The van der Waals surface area contributed by atoms with Gasteiger partial charge in [-0.3, -0.25) is 4.79 Å². The van der Waals surface area contributed by atoms with E-state index in [4.69, 9.17) is 5.11 Å². The fraction of sp³-hybridized carbons (Fsp3) is 0.333. The number of ether oxygens (including phenoxy) is 1. The Hall–Kier alpha value is -1.93. The average Bonchev–Trinajstić information content (AvgIpc) is 2.37. The van der Waals surface area contributed by atoms with Crippen molar-refractivity contribution in [2.24, 2.45) is 0 Å². The summed E-state index contributed by atoms with van der Waals surface area (Å²) in [5.41, 5.74) is 0.368. The maximum atomic E-state index is 11.9. The summed E-state index contributed by atoms with van der Waals surface area (Å²) in [7, 11) is -2.69. The summed E-state index contributed by atoms with van der Waals surface area (Å²) in [5, 5.41) is 8.69. The molecule has 7 nitrogen and oxygen atoms in total. The lowest BCUT2D eigenvalue weighted by Gasteiger charge is -2.12. The summed E-state index contributed by atoms with van der Waals surface area (Å²) in [6.45, 7) is 1.21. The number of nitrogens with one attached hydrogen (secondary N) is 1. The Bertz CT molecular complexity index is 610. The summed E-state index contributed by atoms with van der Waals surface area (Å²) < 4.78 is 30.3. The predicted octanol–water partition coefficient (Wildman–Crippen LogP) is 0.366. The lowest BCUT2D eigenvalue weighted by Crippen LogP contribution is -2.39. The van der Waals surface area contributed by atoms with E-state index >= 15 is 0 Å². The third-order valence-corrected chi connectivity index (χ3v) is 3.90. The van der Waals surface area contributed by atoms with Crippen molar-refractivity contribution in [1.82, 2.24) is 4.72 Å². The average molecular weight is 301 g/mol. The highest BCUT2D eigenvalue weighted by Crippen LogP contribution is 2.13. The molecule has 8 heteroatoms. The van der Waals surface area contributed by atoms with E-state index in [1.807, 2.05) is 4.72 Å². The first-order chi connectivity index (χ1) is 9.26. The summed E-state index contributed by atoms with van der Waals surface area (Å²) in [4.78, 5) is 22.2. The van der Waals surface area contributed by atoms with Gasteiger partial charge in [0.25, 0.3) is 0 Å². The predicted molar refractivity (Wildman–Crippen MR) is 70.6 cm³/mol. The van der Waals surface area contributed by atoms with Crippen LogP contribution in [0.3, 0.4) is 0 Å². The van der Waals surface area contributed by atoms with Crippen LogP contribution in [0.15, 0.2) is 24.3 Å². The summed E-state index contributed by atoms with van der Waals surface area (Å²) >= 11 is 0. The Morgan fingerprint density at radius 2 is 1.95 bits per heavy atom. The Balaban J connectivity index is 2.98. The summed E-state index contributed by atoms with van der Waals surface area (Å²) in [6.07, 6.45) is 0. The van der Waals surface area contributed by atoms with Crippen molar-refractivity contribution in [1.29, 1.82) is 0 Å². The topological polar surface area (TPSA) is 110 Å². The molecule has 20 heavy (non-hydrogen) atoms. The normalized spacial score (nSPS) is 12.7. The molecule has 1 rings (SSSR count). The van der Waals surface area contributed by atoms with Crippen molar-refractivity contribution >= 4 is 22.0 Å². The molecule has 0 bridgehead atoms. The van der Waals surface area contributed by atoms with Crippen LogP contribution >= 0.6 is 0 Å². The van der Waals surface area contributed by atoms with Crippen LogP contribution in [-0.4, -0.2) is 38.6 Å². The van der Waals surface area contributed by atoms with E-state index in [1.54, 1.807) is 12.1 Å². The van der Waals surface area contributed by atoms with Crippen LogP contribution in [0.2, 0.25) is 0 Å². The molecule has 0 saturated carbocycles. The Labute approximate surface area is 116 Å². The van der Waals surface area contributed by atoms with Gasteiger partial charge >= 0.3 is 11.9 Å². The minimum absolute atomic E-state index is 0.128. The van der Waals surface area contributed by atoms with E-state index in [2.05, 4.69) is 4.74 Å². The molecule has 1 aromatic carbocycles. The van der Waals surface area contributed by atoms with Crippen LogP contribution in [0.25, 0.3) is 0 Å². The van der Waals surface area contributed by atoms with Crippen molar-refractivity contribution in [2.75, 3.05) is 7.11 Å². The van der Waals surface area contributed by atoms with Gasteiger partial charge in [-0.15, -0.1) is 0 Å². The van der Waals surface area contributed by atoms with Gasteiger partial charge in [0.05, 0.1) is 18.4 Å². The number of benzene rings is 1. The first-order valence-electron chi connectivity index (χ1n) is 5.66. The van der Waals surface area contributed by atoms with Crippen LogP contribution in [0.4, 0.5) is 0 Å². The molecule has 0 spiro atoms. The molecule has 1 aromatic rings. The second-order valence-corrected chi connectivity index (χ2v) is 5.84. The second kappa shape index (κ2) is 6.49. The second-order valence-electron chi connectivity index (χ2n) is 4.09. The molecule has 0 saturated heterocycles. The van der Waals surface area contributed by atoms with Gasteiger partial charge < -0.3 is 9.84 Å². The number of carbonyl (C=O) groups excluding carboxylic acids is 1. The fourth-order valence-corrected chi connectivity index (χ4v) is 2.91. The smallest absolute Gasteiger partial charge is 0.338 e. The molecule has 0 aliphatic carbocycles. The molecule has 110 valence electrons. The highest BCUT2D eigenvalue weighted by atomic mass is 32.2. The van der Waals surface area contributed by atoms with Crippen molar-refractivity contribution in [2.45, 2.75) is 18.7 Å². The maximum Gasteiger partial charge on any atom is 0.338 e. The quantitative estimate of drug-likeness (QED) is 0.734. The first-order valence-corrected chi connectivity index (χ1v) is 7.31. The van der Waals surface area contributed by atoms with Gasteiger partial charge in [-0.25, -0.2) is 17.9 Å². The van der Waals surface area contributed by atoms with E-state index in [1.165, 1.54) is 26.2 Å². The van der Waals surface area contributed by atoms with E-state index < -0.39 is 33.8 Å². The molecule has 0 heterocycles. The minimum Gasteiger partial charge on any atom is -0.480 e. The zero-order chi connectivity index (χ0) is 15.3. The molecular formula is C12H15NO6S. The van der Waals surface area contributed by atoms with Crippen molar-refractivity contribution in [3.05, 3.63) is 35.4 Å². The molecule has 0 radical (unpaired) electrons. The minimum atomic E-state index is -3.88. The first kappa shape index (κ1) is 16.1. The molecule has 0 aliphatic heterocycles. The lowest BCUT2D eigenvalue weighted by atomic mass is 10.1. The number of rotatable bonds is 6. The third-order valence-electron chi connectivity index (χ3n) is 2.49. The Morgan fingerprint density at radius 3 is 2.50 bits per heavy atom. The number of sulfonamides is 1. The van der Waals surface area contributed by atoms with Crippen LogP contribution in [0, 0.1) is 0 Å². The third kappa shape index (κ3) is 4.32. The van der Waals surface area contributed by atoms with E-state index in [-0.39, 0.29) is 11.1 Å². The largest absolute Gasteiger partial charge is 0.480 e. The van der Waals surface area contributed by atoms with Crippen LogP contribution < -0.4 is 4.72 Å². The summed E-state index contributed by atoms with van der Waals surface area (Å²) in [5.74, 6) is -2.44. The van der Waals surface area contributed by atoms with Crippen molar-refractivity contribution in [3.8, 4) is 0 Å². The van der Waals surface area contributed by atoms with Crippen molar-refractivity contribution < 1.29 is 27.9 Å². The Kier molecular flexibility index (Phi) is 5.23. The molecule has 0 aromatic heterocycles. The number of carboxylic acids is 1. The number of carboxylic acid groups (broad SMARTS) is 1. The van der Waals surface area contributed by atoms with Gasteiger partial charge in [-0.1, -0.05) is 18.2 Å². The lowest BCUT2D eigenvalue weighted by molar-refractivity contribution is -0.138. The standard InChI is InChI=1S/C12H15NO6S/c1-8(11(14)15)13-20(17,18)7-9-5-3-4-6-10(9)12(16)19-2/h3-6,8,13H,7H2,1-2H3,(H,14,15)/t8-/m0/s1. The van der Waals surface area contributed by atoms with E-state index in [0.717, 1.165) is 0 Å². The molecule has 1 atom stereocenters. The number of hydrogen-bond acceptors (Lipinski definition) is 5. The highest BCUT2D eigenvalue weighted by molar-refractivity contribution is 7.88. The molecular weight excluding hydrogens is 286 g/mol.